The molecular formula is C27H31N3O4S. The second-order valence-electron chi connectivity index (χ2n) is 8.90. The summed E-state index contributed by atoms with van der Waals surface area (Å²) in [5, 5.41) is 0.475. The molecule has 0 N–H and O–H groups in total. The van der Waals surface area contributed by atoms with E-state index in [2.05, 4.69) is 31.0 Å². The number of hydrogen-bond acceptors (Lipinski definition) is 6. The maximum Gasteiger partial charge on any atom is 0.283 e. The van der Waals surface area contributed by atoms with Gasteiger partial charge in [-0.1, -0.05) is 55.9 Å². The molecule has 0 radical (unpaired) electrons. The van der Waals surface area contributed by atoms with Crippen LogP contribution in [0.4, 0.5) is 5.69 Å². The summed E-state index contributed by atoms with van der Waals surface area (Å²) in [6, 6.07) is 15.4. The minimum absolute atomic E-state index is 0.00703. The number of carbonyl (C=O) groups excluding carboxylic acids is 2. The lowest BCUT2D eigenvalue weighted by atomic mass is 10.0. The topological polar surface area (TPSA) is 71.4 Å². The fourth-order valence-electron chi connectivity index (χ4n) is 3.97. The third-order valence-corrected chi connectivity index (χ3v) is 6.89. The number of nitrogens with zero attached hydrogens (tertiary/aromatic N) is 3. The fourth-order valence-corrected chi connectivity index (χ4v) is 4.88. The Morgan fingerprint density at radius 1 is 1.26 bits per heavy atom. The van der Waals surface area contributed by atoms with E-state index in [1.54, 1.807) is 29.1 Å². The van der Waals surface area contributed by atoms with Crippen LogP contribution in [0.2, 0.25) is 0 Å². The summed E-state index contributed by atoms with van der Waals surface area (Å²) in [7, 11) is 1.59. The van der Waals surface area contributed by atoms with Crippen molar-refractivity contribution < 1.29 is 19.1 Å². The Hall–Kier alpha value is -3.10. The van der Waals surface area contributed by atoms with E-state index < -0.39 is 0 Å². The summed E-state index contributed by atoms with van der Waals surface area (Å²) in [6.07, 6.45) is 1.81. The standard InChI is InChI=1S/C27H31N3O4S/c1-18(2)21-10-8-20(9-11-21)14-24-26(32)30(22-6-5-7-23(15-22)33-4)27(28-24)35-17-25(31)29-12-13-34-19(3)16-29/h5-11,14-15,18-19H,12-13,16-17H2,1-4H3/b24-14+. The Kier molecular flexibility index (Phi) is 7.93. The highest BCUT2D eigenvalue weighted by Crippen LogP contribution is 2.31. The molecule has 0 aliphatic carbocycles. The van der Waals surface area contributed by atoms with Crippen LogP contribution in [0.15, 0.2) is 59.2 Å². The molecule has 4 rings (SSSR count). The number of carbonyl (C=O) groups is 2. The van der Waals surface area contributed by atoms with E-state index in [1.807, 2.05) is 37.3 Å². The molecule has 184 valence electrons. The minimum atomic E-state index is -0.235. The highest BCUT2D eigenvalue weighted by Gasteiger charge is 2.33. The molecule has 2 aromatic carbocycles. The first kappa shape index (κ1) is 25.0. The number of ether oxygens (including phenoxy) is 2. The van der Waals surface area contributed by atoms with Crippen LogP contribution in [0.25, 0.3) is 6.08 Å². The van der Waals surface area contributed by atoms with Crippen molar-refractivity contribution in [3.05, 3.63) is 65.4 Å². The summed E-state index contributed by atoms with van der Waals surface area (Å²) in [5.41, 5.74) is 3.11. The number of amidine groups is 1. The quantitative estimate of drug-likeness (QED) is 0.553. The van der Waals surface area contributed by atoms with Crippen molar-refractivity contribution in [2.45, 2.75) is 32.8 Å². The van der Waals surface area contributed by atoms with Gasteiger partial charge in [-0.15, -0.1) is 0 Å². The monoisotopic (exact) mass is 493 g/mol. The number of benzene rings is 2. The van der Waals surface area contributed by atoms with Crippen molar-refractivity contribution in [1.29, 1.82) is 0 Å². The molecule has 2 heterocycles. The van der Waals surface area contributed by atoms with E-state index in [0.29, 0.717) is 47.9 Å². The molecule has 35 heavy (non-hydrogen) atoms. The highest BCUT2D eigenvalue weighted by molar-refractivity contribution is 8.14. The summed E-state index contributed by atoms with van der Waals surface area (Å²) in [5.74, 6) is 1.03. The van der Waals surface area contributed by atoms with E-state index in [0.717, 1.165) is 5.56 Å². The van der Waals surface area contributed by atoms with Gasteiger partial charge in [0.2, 0.25) is 5.91 Å². The zero-order valence-corrected chi connectivity index (χ0v) is 21.4. The van der Waals surface area contributed by atoms with E-state index in [9.17, 15) is 9.59 Å². The molecule has 1 unspecified atom stereocenters. The normalized spacial score (nSPS) is 19.5. The highest BCUT2D eigenvalue weighted by atomic mass is 32.2. The average molecular weight is 494 g/mol. The zero-order chi connectivity index (χ0) is 24.9. The largest absolute Gasteiger partial charge is 0.497 e. The Bertz CT molecular complexity index is 1140. The van der Waals surface area contributed by atoms with Crippen LogP contribution in [0.1, 0.15) is 37.8 Å². The van der Waals surface area contributed by atoms with Crippen LogP contribution in [0.3, 0.4) is 0 Å². The average Bonchev–Trinajstić information content (AvgIpc) is 3.17. The lowest BCUT2D eigenvalue weighted by Gasteiger charge is -2.31. The van der Waals surface area contributed by atoms with Crippen LogP contribution in [-0.2, 0) is 14.3 Å². The van der Waals surface area contributed by atoms with Crippen LogP contribution >= 0.6 is 11.8 Å². The number of methoxy groups -OCH3 is 1. The molecule has 7 nitrogen and oxygen atoms in total. The number of anilines is 1. The Labute approximate surface area is 210 Å². The first-order valence-corrected chi connectivity index (χ1v) is 12.8. The lowest BCUT2D eigenvalue weighted by molar-refractivity contribution is -0.135. The summed E-state index contributed by atoms with van der Waals surface area (Å²) >= 11 is 1.27. The molecule has 0 bridgehead atoms. The lowest BCUT2D eigenvalue weighted by Crippen LogP contribution is -2.45. The number of rotatable bonds is 6. The van der Waals surface area contributed by atoms with Gasteiger partial charge in [-0.3, -0.25) is 14.5 Å². The van der Waals surface area contributed by atoms with E-state index >= 15 is 0 Å². The fraction of sp³-hybridized carbons (Fsp3) is 0.370. The molecule has 0 aromatic heterocycles. The van der Waals surface area contributed by atoms with Crippen LogP contribution in [0, 0.1) is 0 Å². The summed E-state index contributed by atoms with van der Waals surface area (Å²) < 4.78 is 10.9. The van der Waals surface area contributed by atoms with Crippen molar-refractivity contribution >= 4 is 40.5 Å². The Balaban J connectivity index is 1.59. The second-order valence-corrected chi connectivity index (χ2v) is 9.84. The van der Waals surface area contributed by atoms with Gasteiger partial charge in [0.1, 0.15) is 11.4 Å². The number of aliphatic imine (C=N–C) groups is 1. The Morgan fingerprint density at radius 2 is 2.03 bits per heavy atom. The van der Waals surface area contributed by atoms with Gasteiger partial charge in [0.05, 0.1) is 31.3 Å². The maximum absolute atomic E-state index is 13.5. The molecule has 0 spiro atoms. The van der Waals surface area contributed by atoms with Gasteiger partial charge in [-0.05, 0) is 42.2 Å². The van der Waals surface area contributed by atoms with Crippen molar-refractivity contribution in [2.75, 3.05) is 37.5 Å². The first-order chi connectivity index (χ1) is 16.9. The summed E-state index contributed by atoms with van der Waals surface area (Å²) in [4.78, 5) is 34.3. The molecule has 1 atom stereocenters. The van der Waals surface area contributed by atoms with Crippen molar-refractivity contribution in [3.8, 4) is 5.75 Å². The molecule has 1 fully saturated rings. The molecule has 2 aliphatic heterocycles. The third kappa shape index (κ3) is 5.94. The first-order valence-electron chi connectivity index (χ1n) is 11.8. The molecular weight excluding hydrogens is 462 g/mol. The molecule has 8 heteroatoms. The smallest absolute Gasteiger partial charge is 0.283 e. The second kappa shape index (κ2) is 11.1. The molecule has 2 amide bonds. The Morgan fingerprint density at radius 3 is 2.71 bits per heavy atom. The van der Waals surface area contributed by atoms with Gasteiger partial charge in [-0.25, -0.2) is 4.99 Å². The van der Waals surface area contributed by atoms with Gasteiger partial charge in [-0.2, -0.15) is 0 Å². The van der Waals surface area contributed by atoms with Gasteiger partial charge in [0.15, 0.2) is 5.17 Å². The molecule has 0 saturated carbocycles. The van der Waals surface area contributed by atoms with Crippen molar-refractivity contribution in [2.24, 2.45) is 4.99 Å². The van der Waals surface area contributed by atoms with Gasteiger partial charge >= 0.3 is 0 Å². The van der Waals surface area contributed by atoms with Gasteiger partial charge in [0.25, 0.3) is 5.91 Å². The number of hydrogen-bond donors (Lipinski definition) is 0. The predicted molar refractivity (Wildman–Crippen MR) is 141 cm³/mol. The molecule has 2 aromatic rings. The molecule has 2 aliphatic rings. The van der Waals surface area contributed by atoms with E-state index in [1.165, 1.54) is 17.3 Å². The van der Waals surface area contributed by atoms with Gasteiger partial charge in [0, 0.05) is 19.2 Å². The predicted octanol–water partition coefficient (Wildman–Crippen LogP) is 4.54. The number of morpholine rings is 1. The van der Waals surface area contributed by atoms with E-state index in [4.69, 9.17) is 9.47 Å². The van der Waals surface area contributed by atoms with Crippen molar-refractivity contribution in [1.82, 2.24) is 4.90 Å². The number of thioether (sulfide) groups is 1. The van der Waals surface area contributed by atoms with E-state index in [-0.39, 0.29) is 23.7 Å². The maximum atomic E-state index is 13.5. The van der Waals surface area contributed by atoms with Gasteiger partial charge < -0.3 is 14.4 Å². The number of amides is 2. The van der Waals surface area contributed by atoms with Crippen molar-refractivity contribution in [3.63, 3.8) is 0 Å². The molecule has 1 saturated heterocycles. The van der Waals surface area contributed by atoms with Crippen LogP contribution < -0.4 is 9.64 Å². The zero-order valence-electron chi connectivity index (χ0n) is 20.6. The third-order valence-electron chi connectivity index (χ3n) is 5.97. The minimum Gasteiger partial charge on any atom is -0.497 e. The van der Waals surface area contributed by atoms with Crippen LogP contribution in [0.5, 0.6) is 5.75 Å². The van der Waals surface area contributed by atoms with Crippen LogP contribution in [-0.4, -0.2) is 60.5 Å². The summed E-state index contributed by atoms with van der Waals surface area (Å²) in [6.45, 7) is 7.94. The SMILES string of the molecule is COc1cccc(N2C(=O)/C(=C\c3ccc(C(C)C)cc3)N=C2SCC(=O)N2CCOC(C)C2)c1.